The predicted octanol–water partition coefficient (Wildman–Crippen LogP) is 3.71. The van der Waals surface area contributed by atoms with Gasteiger partial charge in [-0.2, -0.15) is 0 Å². The number of hydrogen-bond acceptors (Lipinski definition) is 2. The molecule has 2 fully saturated rings. The molecule has 1 aliphatic heterocycles. The van der Waals surface area contributed by atoms with Gasteiger partial charge >= 0.3 is 0 Å². The monoisotopic (exact) mass is 266 g/mol. The molecule has 1 saturated heterocycles. The summed E-state index contributed by atoms with van der Waals surface area (Å²) in [5.74, 6) is -0.527. The molecule has 0 amide bonds. The molecule has 0 radical (unpaired) electrons. The zero-order chi connectivity index (χ0) is 13.4. The van der Waals surface area contributed by atoms with E-state index in [1.54, 1.807) is 0 Å². The maximum absolute atomic E-state index is 13.6. The first-order chi connectivity index (χ1) is 9.16. The van der Waals surface area contributed by atoms with Crippen molar-refractivity contribution in [2.75, 3.05) is 17.2 Å². The van der Waals surface area contributed by atoms with Crippen LogP contribution in [0.1, 0.15) is 38.5 Å². The Labute approximate surface area is 112 Å². The van der Waals surface area contributed by atoms with Gasteiger partial charge in [-0.1, -0.05) is 12.8 Å². The summed E-state index contributed by atoms with van der Waals surface area (Å²) in [5.41, 5.74) is 6.46. The van der Waals surface area contributed by atoms with E-state index in [-0.39, 0.29) is 5.69 Å². The van der Waals surface area contributed by atoms with Crippen LogP contribution in [0.15, 0.2) is 12.1 Å². The van der Waals surface area contributed by atoms with Crippen LogP contribution in [0, 0.1) is 17.6 Å². The summed E-state index contributed by atoms with van der Waals surface area (Å²) in [6.07, 6.45) is 7.15. The van der Waals surface area contributed by atoms with Crippen LogP contribution in [0.5, 0.6) is 0 Å². The fourth-order valence-electron chi connectivity index (χ4n) is 3.73. The summed E-state index contributed by atoms with van der Waals surface area (Å²) in [6, 6.07) is 2.65. The van der Waals surface area contributed by atoms with E-state index in [0.717, 1.165) is 25.5 Å². The largest absolute Gasteiger partial charge is 0.395 e. The maximum atomic E-state index is 13.6. The first kappa shape index (κ1) is 12.7. The molecular formula is C15H20F2N2. The molecule has 0 unspecified atom stereocenters. The topological polar surface area (TPSA) is 29.3 Å². The van der Waals surface area contributed by atoms with Crippen LogP contribution < -0.4 is 10.6 Å². The number of piperidine rings is 1. The second-order valence-electron chi connectivity index (χ2n) is 5.77. The number of nitrogens with two attached hydrogens (primary N) is 1. The summed E-state index contributed by atoms with van der Waals surface area (Å²) < 4.78 is 27.1. The van der Waals surface area contributed by atoms with Crippen molar-refractivity contribution in [2.24, 2.45) is 5.92 Å². The number of rotatable bonds is 1. The molecule has 1 heterocycles. The van der Waals surface area contributed by atoms with Gasteiger partial charge < -0.3 is 10.6 Å². The summed E-state index contributed by atoms with van der Waals surface area (Å²) in [5, 5.41) is 0. The van der Waals surface area contributed by atoms with Gasteiger partial charge in [0, 0.05) is 18.7 Å². The van der Waals surface area contributed by atoms with Crippen molar-refractivity contribution >= 4 is 11.4 Å². The lowest BCUT2D eigenvalue weighted by Gasteiger charge is -2.45. The van der Waals surface area contributed by atoms with Gasteiger partial charge in [-0.15, -0.1) is 0 Å². The van der Waals surface area contributed by atoms with Crippen LogP contribution in [-0.2, 0) is 0 Å². The maximum Gasteiger partial charge on any atom is 0.151 e. The van der Waals surface area contributed by atoms with Gasteiger partial charge in [0.05, 0.1) is 11.4 Å². The van der Waals surface area contributed by atoms with Gasteiger partial charge in [0.25, 0.3) is 0 Å². The number of nitrogen functional groups attached to an aromatic ring is 1. The fraction of sp³-hybridized carbons (Fsp3) is 0.600. The van der Waals surface area contributed by atoms with Crippen molar-refractivity contribution in [1.82, 2.24) is 0 Å². The Kier molecular flexibility index (Phi) is 3.33. The van der Waals surface area contributed by atoms with Crippen molar-refractivity contribution in [2.45, 2.75) is 44.6 Å². The minimum absolute atomic E-state index is 0.0904. The quantitative estimate of drug-likeness (QED) is 0.785. The van der Waals surface area contributed by atoms with Crippen molar-refractivity contribution in [3.8, 4) is 0 Å². The minimum Gasteiger partial charge on any atom is -0.395 e. The average Bonchev–Trinajstić information content (AvgIpc) is 2.42. The Morgan fingerprint density at radius 3 is 2.63 bits per heavy atom. The van der Waals surface area contributed by atoms with E-state index in [0.29, 0.717) is 17.6 Å². The predicted molar refractivity (Wildman–Crippen MR) is 73.1 cm³/mol. The highest BCUT2D eigenvalue weighted by molar-refractivity contribution is 5.69. The van der Waals surface area contributed by atoms with E-state index in [4.69, 9.17) is 5.73 Å². The molecule has 104 valence electrons. The van der Waals surface area contributed by atoms with E-state index < -0.39 is 11.6 Å². The number of anilines is 2. The molecule has 2 nitrogen and oxygen atoms in total. The van der Waals surface area contributed by atoms with Crippen molar-refractivity contribution in [3.05, 3.63) is 23.8 Å². The Hall–Kier alpha value is -1.32. The van der Waals surface area contributed by atoms with Gasteiger partial charge in [-0.05, 0) is 37.7 Å². The Morgan fingerprint density at radius 2 is 1.79 bits per heavy atom. The number of fused-ring (bicyclic) bond motifs is 1. The van der Waals surface area contributed by atoms with Gasteiger partial charge in [0.1, 0.15) is 5.82 Å². The van der Waals surface area contributed by atoms with E-state index in [1.165, 1.54) is 31.7 Å². The first-order valence-corrected chi connectivity index (χ1v) is 7.18. The lowest BCUT2D eigenvalue weighted by atomic mass is 9.78. The van der Waals surface area contributed by atoms with Gasteiger partial charge in [-0.25, -0.2) is 8.78 Å². The number of benzene rings is 1. The summed E-state index contributed by atoms with van der Waals surface area (Å²) in [7, 11) is 0. The third-order valence-electron chi connectivity index (χ3n) is 4.63. The van der Waals surface area contributed by atoms with Crippen molar-refractivity contribution in [3.63, 3.8) is 0 Å². The van der Waals surface area contributed by atoms with Gasteiger partial charge in [-0.3, -0.25) is 0 Å². The molecule has 1 saturated carbocycles. The Morgan fingerprint density at radius 1 is 1.05 bits per heavy atom. The average molecular weight is 266 g/mol. The molecule has 2 atom stereocenters. The molecule has 2 N–H and O–H groups in total. The first-order valence-electron chi connectivity index (χ1n) is 7.18. The third-order valence-corrected chi connectivity index (χ3v) is 4.63. The van der Waals surface area contributed by atoms with Crippen LogP contribution in [0.4, 0.5) is 20.2 Å². The highest BCUT2D eigenvalue weighted by atomic mass is 19.1. The van der Waals surface area contributed by atoms with Gasteiger partial charge in [0.2, 0.25) is 0 Å². The highest BCUT2D eigenvalue weighted by Gasteiger charge is 2.34. The molecule has 0 spiro atoms. The number of hydrogen-bond donors (Lipinski definition) is 1. The lowest BCUT2D eigenvalue weighted by molar-refractivity contribution is 0.244. The van der Waals surface area contributed by atoms with Gasteiger partial charge in [0.15, 0.2) is 5.82 Å². The minimum atomic E-state index is -0.645. The van der Waals surface area contributed by atoms with Crippen molar-refractivity contribution in [1.29, 1.82) is 0 Å². The lowest BCUT2D eigenvalue weighted by Crippen LogP contribution is -2.47. The molecular weight excluding hydrogens is 246 g/mol. The molecule has 0 aromatic heterocycles. The van der Waals surface area contributed by atoms with Crippen LogP contribution in [-0.4, -0.2) is 12.6 Å². The number of halogens is 2. The third kappa shape index (κ3) is 2.28. The fourth-order valence-corrected chi connectivity index (χ4v) is 3.73. The highest BCUT2D eigenvalue weighted by Crippen LogP contribution is 2.40. The molecule has 1 aromatic rings. The molecule has 1 aliphatic carbocycles. The second-order valence-corrected chi connectivity index (χ2v) is 5.77. The summed E-state index contributed by atoms with van der Waals surface area (Å²) >= 11 is 0. The Bertz CT molecular complexity index is 473. The molecule has 3 rings (SSSR count). The van der Waals surface area contributed by atoms with E-state index >= 15 is 0 Å². The van der Waals surface area contributed by atoms with E-state index in [9.17, 15) is 8.78 Å². The van der Waals surface area contributed by atoms with E-state index in [2.05, 4.69) is 4.90 Å². The van der Waals surface area contributed by atoms with Crippen LogP contribution in [0.3, 0.4) is 0 Å². The number of nitrogens with zero attached hydrogens (tertiary/aromatic N) is 1. The van der Waals surface area contributed by atoms with Crippen LogP contribution in [0.25, 0.3) is 0 Å². The Balaban J connectivity index is 1.96. The zero-order valence-electron chi connectivity index (χ0n) is 11.0. The molecule has 4 heteroatoms. The normalized spacial score (nSPS) is 27.2. The summed E-state index contributed by atoms with van der Waals surface area (Å²) in [6.45, 7) is 0.855. The molecule has 2 aliphatic rings. The van der Waals surface area contributed by atoms with E-state index in [1.807, 2.05) is 0 Å². The van der Waals surface area contributed by atoms with Crippen molar-refractivity contribution < 1.29 is 8.78 Å². The molecule has 19 heavy (non-hydrogen) atoms. The summed E-state index contributed by atoms with van der Waals surface area (Å²) in [4.78, 5) is 2.15. The zero-order valence-corrected chi connectivity index (χ0v) is 11.0. The van der Waals surface area contributed by atoms with Crippen LogP contribution >= 0.6 is 0 Å². The smallest absolute Gasteiger partial charge is 0.151 e. The standard InChI is InChI=1S/C15H20F2N2/c16-11-8-12(17)15(18)14(9-11)19-7-3-5-10-4-1-2-6-13(10)19/h8-10,13H,1-7,18H2/t10-,13-/m1/s1. The second kappa shape index (κ2) is 4.99. The van der Waals surface area contributed by atoms with Crippen LogP contribution in [0.2, 0.25) is 0 Å². The molecule has 0 bridgehead atoms. The molecule has 1 aromatic carbocycles. The SMILES string of the molecule is Nc1c(F)cc(F)cc1N1CCC[C@H]2CCCC[C@H]21.